The topological polar surface area (TPSA) is 75.5 Å². The molecule has 25 heavy (non-hydrogen) atoms. The molecule has 132 valence electrons. The highest BCUT2D eigenvalue weighted by atomic mass is 35.5. The molecule has 0 aliphatic rings. The molecular weight excluding hydrogens is 342 g/mol. The molecule has 2 rings (SSSR count). The summed E-state index contributed by atoms with van der Waals surface area (Å²) in [5.74, 6) is -0.296. The van der Waals surface area contributed by atoms with Crippen molar-refractivity contribution < 1.29 is 9.72 Å². The second-order valence-corrected chi connectivity index (χ2v) is 6.20. The van der Waals surface area contributed by atoms with Crippen molar-refractivity contribution in [1.29, 1.82) is 0 Å². The van der Waals surface area contributed by atoms with Gasteiger partial charge in [0.25, 0.3) is 5.69 Å². The molecule has 1 amide bonds. The van der Waals surface area contributed by atoms with Crippen LogP contribution in [0.4, 0.5) is 11.4 Å². The van der Waals surface area contributed by atoms with Gasteiger partial charge in [-0.15, -0.1) is 0 Å². The minimum atomic E-state index is -0.494. The van der Waals surface area contributed by atoms with E-state index in [1.165, 1.54) is 6.07 Å². The van der Waals surface area contributed by atoms with Gasteiger partial charge in [-0.25, -0.2) is 0 Å². The Morgan fingerprint density at radius 1 is 1.28 bits per heavy atom. The number of hydrogen-bond donors (Lipinski definition) is 1. The fourth-order valence-electron chi connectivity index (χ4n) is 2.46. The average Bonchev–Trinajstić information content (AvgIpc) is 2.55. The van der Waals surface area contributed by atoms with Crippen LogP contribution in [0.5, 0.6) is 0 Å². The summed E-state index contributed by atoms with van der Waals surface area (Å²) in [4.78, 5) is 24.9. The van der Waals surface area contributed by atoms with E-state index >= 15 is 0 Å². The van der Waals surface area contributed by atoms with E-state index in [4.69, 9.17) is 11.6 Å². The summed E-state index contributed by atoms with van der Waals surface area (Å²) < 4.78 is 0. The standard InChI is InChI=1S/C18H20ClN3O3/c1-3-21(11-14-5-4-6-15(19)10-14)12-18(23)20-16-8-7-13(2)9-17(16)22(24)25/h4-10H,3,11-12H2,1-2H3,(H,20,23). The maximum atomic E-state index is 12.3. The number of nitro groups is 1. The van der Waals surface area contributed by atoms with E-state index < -0.39 is 4.92 Å². The molecular formula is C18H20ClN3O3. The predicted molar refractivity (Wildman–Crippen MR) is 98.9 cm³/mol. The predicted octanol–water partition coefficient (Wildman–Crippen LogP) is 4.02. The summed E-state index contributed by atoms with van der Waals surface area (Å²) in [6.45, 7) is 5.08. The number of carbonyl (C=O) groups excluding carboxylic acids is 1. The van der Waals surface area contributed by atoms with E-state index in [9.17, 15) is 14.9 Å². The molecule has 7 heteroatoms. The molecule has 2 aromatic rings. The zero-order chi connectivity index (χ0) is 18.4. The van der Waals surface area contributed by atoms with Gasteiger partial charge < -0.3 is 5.32 Å². The molecule has 0 spiro atoms. The Morgan fingerprint density at radius 2 is 2.04 bits per heavy atom. The van der Waals surface area contributed by atoms with Crippen molar-refractivity contribution in [2.45, 2.75) is 20.4 Å². The van der Waals surface area contributed by atoms with Crippen LogP contribution in [0.15, 0.2) is 42.5 Å². The SMILES string of the molecule is CCN(CC(=O)Nc1ccc(C)cc1[N+](=O)[O-])Cc1cccc(Cl)c1. The summed E-state index contributed by atoms with van der Waals surface area (Å²) in [7, 11) is 0. The van der Waals surface area contributed by atoms with Crippen molar-refractivity contribution in [3.63, 3.8) is 0 Å². The number of nitrogens with one attached hydrogen (secondary N) is 1. The van der Waals surface area contributed by atoms with E-state index in [0.717, 1.165) is 11.1 Å². The molecule has 0 aliphatic carbocycles. The van der Waals surface area contributed by atoms with E-state index in [1.54, 1.807) is 25.1 Å². The van der Waals surface area contributed by atoms with Crippen molar-refractivity contribution in [2.75, 3.05) is 18.4 Å². The first-order valence-electron chi connectivity index (χ1n) is 7.90. The molecule has 0 heterocycles. The monoisotopic (exact) mass is 361 g/mol. The molecule has 0 saturated carbocycles. The summed E-state index contributed by atoms with van der Waals surface area (Å²) >= 11 is 5.98. The average molecular weight is 362 g/mol. The third kappa shape index (κ3) is 5.55. The van der Waals surface area contributed by atoms with Crippen LogP contribution in [0.2, 0.25) is 5.02 Å². The number of rotatable bonds is 7. The van der Waals surface area contributed by atoms with Gasteiger partial charge in [-0.3, -0.25) is 19.8 Å². The van der Waals surface area contributed by atoms with E-state index in [1.807, 2.05) is 30.0 Å². The fraction of sp³-hybridized carbons (Fsp3) is 0.278. The molecule has 1 N–H and O–H groups in total. The van der Waals surface area contributed by atoms with Crippen LogP contribution < -0.4 is 5.32 Å². The largest absolute Gasteiger partial charge is 0.319 e. The molecule has 6 nitrogen and oxygen atoms in total. The quantitative estimate of drug-likeness (QED) is 0.597. The minimum Gasteiger partial charge on any atom is -0.319 e. The third-order valence-electron chi connectivity index (χ3n) is 3.73. The van der Waals surface area contributed by atoms with E-state index in [2.05, 4.69) is 5.32 Å². The van der Waals surface area contributed by atoms with Gasteiger partial charge in [-0.05, 0) is 42.8 Å². The Kier molecular flexibility index (Phi) is 6.50. The van der Waals surface area contributed by atoms with Crippen molar-refractivity contribution >= 4 is 28.9 Å². The first-order valence-corrected chi connectivity index (χ1v) is 8.28. The lowest BCUT2D eigenvalue weighted by atomic mass is 10.2. The highest BCUT2D eigenvalue weighted by Gasteiger charge is 2.17. The number of aryl methyl sites for hydroxylation is 1. The molecule has 0 bridgehead atoms. The first kappa shape index (κ1) is 18.9. The zero-order valence-electron chi connectivity index (χ0n) is 14.2. The number of amides is 1. The number of benzene rings is 2. The number of nitro benzene ring substituents is 1. The summed E-state index contributed by atoms with van der Waals surface area (Å²) in [6.07, 6.45) is 0. The van der Waals surface area contributed by atoms with Crippen LogP contribution in [-0.2, 0) is 11.3 Å². The Balaban J connectivity index is 2.04. The first-order chi connectivity index (χ1) is 11.9. The number of anilines is 1. The molecule has 2 aromatic carbocycles. The molecule has 0 unspecified atom stereocenters. The lowest BCUT2D eigenvalue weighted by molar-refractivity contribution is -0.384. The van der Waals surface area contributed by atoms with Gasteiger partial charge in [0.15, 0.2) is 0 Å². The molecule has 0 radical (unpaired) electrons. The zero-order valence-corrected chi connectivity index (χ0v) is 14.9. The van der Waals surface area contributed by atoms with Crippen LogP contribution in [-0.4, -0.2) is 28.8 Å². The van der Waals surface area contributed by atoms with Crippen LogP contribution >= 0.6 is 11.6 Å². The molecule has 0 atom stereocenters. The second-order valence-electron chi connectivity index (χ2n) is 5.76. The summed E-state index contributed by atoms with van der Waals surface area (Å²) in [5.41, 5.74) is 1.87. The van der Waals surface area contributed by atoms with Crippen molar-refractivity contribution in [2.24, 2.45) is 0 Å². The summed E-state index contributed by atoms with van der Waals surface area (Å²) in [5, 5.41) is 14.4. The Hall–Kier alpha value is -2.44. The number of hydrogen-bond acceptors (Lipinski definition) is 4. The van der Waals surface area contributed by atoms with Gasteiger partial charge >= 0.3 is 0 Å². The smallest absolute Gasteiger partial charge is 0.293 e. The Morgan fingerprint density at radius 3 is 2.68 bits per heavy atom. The lowest BCUT2D eigenvalue weighted by Crippen LogP contribution is -2.32. The highest BCUT2D eigenvalue weighted by molar-refractivity contribution is 6.30. The van der Waals surface area contributed by atoms with Crippen molar-refractivity contribution in [3.05, 3.63) is 68.7 Å². The van der Waals surface area contributed by atoms with Crippen LogP contribution in [0.1, 0.15) is 18.1 Å². The number of carbonyl (C=O) groups is 1. The van der Waals surface area contributed by atoms with Gasteiger partial charge in [-0.1, -0.05) is 36.7 Å². The van der Waals surface area contributed by atoms with Crippen LogP contribution in [0.25, 0.3) is 0 Å². The maximum Gasteiger partial charge on any atom is 0.293 e. The second kappa shape index (κ2) is 8.60. The minimum absolute atomic E-state index is 0.105. The molecule has 0 saturated heterocycles. The van der Waals surface area contributed by atoms with Crippen molar-refractivity contribution in [1.82, 2.24) is 4.90 Å². The van der Waals surface area contributed by atoms with Gasteiger partial charge in [0.2, 0.25) is 5.91 Å². The van der Waals surface area contributed by atoms with Crippen LogP contribution in [0, 0.1) is 17.0 Å². The van der Waals surface area contributed by atoms with Gasteiger partial charge in [0.1, 0.15) is 5.69 Å². The number of halogens is 1. The molecule has 0 aromatic heterocycles. The van der Waals surface area contributed by atoms with Crippen molar-refractivity contribution in [3.8, 4) is 0 Å². The molecule has 0 fully saturated rings. The summed E-state index contributed by atoms with van der Waals surface area (Å²) in [6, 6.07) is 12.2. The Labute approximate surface area is 151 Å². The number of likely N-dealkylation sites (N-methyl/N-ethyl adjacent to an activating group) is 1. The van der Waals surface area contributed by atoms with E-state index in [-0.39, 0.29) is 23.8 Å². The van der Waals surface area contributed by atoms with Gasteiger partial charge in [-0.2, -0.15) is 0 Å². The normalized spacial score (nSPS) is 10.7. The highest BCUT2D eigenvalue weighted by Crippen LogP contribution is 2.25. The van der Waals surface area contributed by atoms with Crippen LogP contribution in [0.3, 0.4) is 0 Å². The third-order valence-corrected chi connectivity index (χ3v) is 3.97. The number of nitrogens with zero attached hydrogens (tertiary/aromatic N) is 2. The van der Waals surface area contributed by atoms with Gasteiger partial charge in [0.05, 0.1) is 11.5 Å². The lowest BCUT2D eigenvalue weighted by Gasteiger charge is -2.20. The maximum absolute atomic E-state index is 12.3. The molecule has 0 aliphatic heterocycles. The van der Waals surface area contributed by atoms with E-state index in [0.29, 0.717) is 18.1 Å². The van der Waals surface area contributed by atoms with Gasteiger partial charge in [0, 0.05) is 17.6 Å². The fourth-order valence-corrected chi connectivity index (χ4v) is 2.68. The Bertz CT molecular complexity index is 780.